The lowest BCUT2D eigenvalue weighted by Crippen LogP contribution is -2.22. The van der Waals surface area contributed by atoms with Gasteiger partial charge in [0.15, 0.2) is 11.6 Å². The van der Waals surface area contributed by atoms with E-state index in [4.69, 9.17) is 16.3 Å². The predicted molar refractivity (Wildman–Crippen MR) is 85.4 cm³/mol. The average molecular weight is 330 g/mol. The number of halogens is 1. The summed E-state index contributed by atoms with van der Waals surface area (Å²) in [6, 6.07) is 9.55. The van der Waals surface area contributed by atoms with Gasteiger partial charge in [0.1, 0.15) is 0 Å². The molecule has 0 heterocycles. The highest BCUT2D eigenvalue weighted by molar-refractivity contribution is 6.41. The van der Waals surface area contributed by atoms with Crippen LogP contribution in [0, 0.1) is 0 Å². The molecule has 0 aliphatic heterocycles. The molecular formula is C17H12ClNO4. The molecule has 0 atom stereocenters. The highest BCUT2D eigenvalue weighted by Crippen LogP contribution is 2.36. The van der Waals surface area contributed by atoms with Gasteiger partial charge in [0.2, 0.25) is 0 Å². The highest BCUT2D eigenvalue weighted by atomic mass is 35.5. The largest absolute Gasteiger partial charge is 0.450 e. The Kier molecular flexibility index (Phi) is 3.88. The fraction of sp³-hybridized carbons (Fsp3) is 0.118. The van der Waals surface area contributed by atoms with E-state index in [0.29, 0.717) is 11.1 Å². The molecule has 0 bridgehead atoms. The number of benzene rings is 2. The number of rotatable bonds is 2. The summed E-state index contributed by atoms with van der Waals surface area (Å²) in [5, 5.41) is 2.49. The molecule has 1 amide bonds. The third-order valence-corrected chi connectivity index (χ3v) is 3.93. The molecule has 0 saturated heterocycles. The third kappa shape index (κ3) is 2.49. The van der Waals surface area contributed by atoms with Gasteiger partial charge in [-0.2, -0.15) is 0 Å². The quantitative estimate of drug-likeness (QED) is 0.778. The van der Waals surface area contributed by atoms with Crippen molar-refractivity contribution in [3.63, 3.8) is 0 Å². The van der Waals surface area contributed by atoms with Gasteiger partial charge in [-0.1, -0.05) is 35.9 Å². The van der Waals surface area contributed by atoms with Crippen LogP contribution in [0.1, 0.15) is 38.8 Å². The number of fused-ring (bicyclic) bond motifs is 2. The smallest absolute Gasteiger partial charge is 0.411 e. The molecule has 23 heavy (non-hydrogen) atoms. The molecule has 0 aromatic heterocycles. The summed E-state index contributed by atoms with van der Waals surface area (Å²) in [4.78, 5) is 36.7. The van der Waals surface area contributed by atoms with Gasteiger partial charge in [0.05, 0.1) is 22.9 Å². The molecule has 6 heteroatoms. The number of ketones is 2. The number of ether oxygens (including phenoxy) is 1. The Morgan fingerprint density at radius 1 is 1.04 bits per heavy atom. The summed E-state index contributed by atoms with van der Waals surface area (Å²) < 4.78 is 4.79. The Morgan fingerprint density at radius 3 is 2.35 bits per heavy atom. The summed E-state index contributed by atoms with van der Waals surface area (Å²) >= 11 is 6.25. The molecule has 0 spiro atoms. The van der Waals surface area contributed by atoms with E-state index in [2.05, 4.69) is 5.32 Å². The third-order valence-electron chi connectivity index (χ3n) is 3.54. The number of amides is 1. The van der Waals surface area contributed by atoms with Crippen molar-refractivity contribution in [1.29, 1.82) is 0 Å². The maximum atomic E-state index is 12.7. The summed E-state index contributed by atoms with van der Waals surface area (Å²) in [7, 11) is 0. The molecule has 3 rings (SSSR count). The summed E-state index contributed by atoms with van der Waals surface area (Å²) in [6.45, 7) is 1.88. The van der Waals surface area contributed by atoms with Crippen LogP contribution in [0.15, 0.2) is 36.4 Å². The van der Waals surface area contributed by atoms with Crippen molar-refractivity contribution in [2.24, 2.45) is 0 Å². The van der Waals surface area contributed by atoms with Crippen molar-refractivity contribution in [2.45, 2.75) is 6.92 Å². The second kappa shape index (κ2) is 5.85. The lowest BCUT2D eigenvalue weighted by molar-refractivity contribution is 0.0979. The lowest BCUT2D eigenvalue weighted by Gasteiger charge is -2.20. The predicted octanol–water partition coefficient (Wildman–Crippen LogP) is 3.68. The first-order chi connectivity index (χ1) is 11.0. The van der Waals surface area contributed by atoms with Gasteiger partial charge >= 0.3 is 6.09 Å². The maximum absolute atomic E-state index is 12.7. The van der Waals surface area contributed by atoms with Crippen LogP contribution in [0.25, 0.3) is 0 Å². The Balaban J connectivity index is 2.09. The number of carbonyl (C=O) groups excluding carboxylic acids is 3. The zero-order chi connectivity index (χ0) is 16.6. The van der Waals surface area contributed by atoms with E-state index in [1.165, 1.54) is 12.1 Å². The number of hydrogen-bond donors (Lipinski definition) is 1. The maximum Gasteiger partial charge on any atom is 0.411 e. The van der Waals surface area contributed by atoms with Crippen molar-refractivity contribution >= 4 is 34.9 Å². The molecule has 5 nitrogen and oxygen atoms in total. The molecular weight excluding hydrogens is 318 g/mol. The number of anilines is 1. The van der Waals surface area contributed by atoms with Gasteiger partial charge in [-0.05, 0) is 19.1 Å². The van der Waals surface area contributed by atoms with Crippen LogP contribution in [-0.2, 0) is 4.74 Å². The van der Waals surface area contributed by atoms with Gasteiger partial charge < -0.3 is 4.74 Å². The van der Waals surface area contributed by atoms with Gasteiger partial charge in [-0.3, -0.25) is 14.9 Å². The summed E-state index contributed by atoms with van der Waals surface area (Å²) in [5.74, 6) is -0.604. The first-order valence-electron chi connectivity index (χ1n) is 6.99. The zero-order valence-corrected chi connectivity index (χ0v) is 12.9. The molecule has 0 radical (unpaired) electrons. The van der Waals surface area contributed by atoms with Crippen molar-refractivity contribution < 1.29 is 19.1 Å². The molecule has 2 aromatic carbocycles. The first kappa shape index (κ1) is 15.2. The molecule has 2 aromatic rings. The highest BCUT2D eigenvalue weighted by Gasteiger charge is 2.32. The van der Waals surface area contributed by atoms with Crippen LogP contribution in [-0.4, -0.2) is 24.3 Å². The number of hydrogen-bond acceptors (Lipinski definition) is 4. The first-order valence-corrected chi connectivity index (χ1v) is 7.37. The number of carbonyl (C=O) groups is 3. The van der Waals surface area contributed by atoms with Crippen LogP contribution in [0.3, 0.4) is 0 Å². The molecule has 1 N–H and O–H groups in total. The fourth-order valence-corrected chi connectivity index (χ4v) is 2.82. The van der Waals surface area contributed by atoms with Crippen LogP contribution in [0.2, 0.25) is 5.02 Å². The van der Waals surface area contributed by atoms with Gasteiger partial charge in [0, 0.05) is 16.7 Å². The van der Waals surface area contributed by atoms with Gasteiger partial charge in [-0.15, -0.1) is 0 Å². The molecule has 1 aliphatic carbocycles. The Bertz CT molecular complexity index is 844. The Morgan fingerprint density at radius 2 is 1.70 bits per heavy atom. The van der Waals surface area contributed by atoms with Crippen LogP contribution in [0.4, 0.5) is 10.5 Å². The van der Waals surface area contributed by atoms with Crippen molar-refractivity contribution in [1.82, 2.24) is 0 Å². The molecule has 0 fully saturated rings. The Hall–Kier alpha value is -2.66. The monoisotopic (exact) mass is 329 g/mol. The van der Waals surface area contributed by atoms with E-state index in [1.54, 1.807) is 31.2 Å². The van der Waals surface area contributed by atoms with Crippen molar-refractivity contribution in [3.05, 3.63) is 63.7 Å². The topological polar surface area (TPSA) is 72.5 Å². The van der Waals surface area contributed by atoms with Crippen molar-refractivity contribution in [3.8, 4) is 0 Å². The Labute approximate surface area is 137 Å². The van der Waals surface area contributed by atoms with Crippen LogP contribution in [0.5, 0.6) is 0 Å². The van der Waals surface area contributed by atoms with Crippen LogP contribution < -0.4 is 5.32 Å². The lowest BCUT2D eigenvalue weighted by atomic mass is 9.84. The normalized spacial score (nSPS) is 12.4. The SMILES string of the molecule is CCOC(=O)Nc1ccc2c(c1Cl)C(=O)c1ccccc1C2=O. The van der Waals surface area contributed by atoms with Crippen molar-refractivity contribution in [2.75, 3.05) is 11.9 Å². The fourth-order valence-electron chi connectivity index (χ4n) is 2.52. The second-order valence-corrected chi connectivity index (χ2v) is 5.28. The molecule has 1 aliphatic rings. The van der Waals surface area contributed by atoms with E-state index in [0.717, 1.165) is 0 Å². The summed E-state index contributed by atoms with van der Waals surface area (Å²) in [5.41, 5.74) is 1.22. The van der Waals surface area contributed by atoms with E-state index >= 15 is 0 Å². The second-order valence-electron chi connectivity index (χ2n) is 4.90. The van der Waals surface area contributed by atoms with Gasteiger partial charge in [-0.25, -0.2) is 4.79 Å². The standard InChI is InChI=1S/C17H12ClNO4/c1-2-23-17(22)19-12-8-7-11-13(14(12)18)16(21)10-6-4-3-5-9(10)15(11)20/h3-8H,2H2,1H3,(H,19,22). The summed E-state index contributed by atoms with van der Waals surface area (Å²) in [6.07, 6.45) is -0.677. The van der Waals surface area contributed by atoms with E-state index in [-0.39, 0.29) is 40.0 Å². The minimum atomic E-state index is -0.677. The average Bonchev–Trinajstić information content (AvgIpc) is 2.54. The molecule has 116 valence electrons. The van der Waals surface area contributed by atoms with Gasteiger partial charge in [0.25, 0.3) is 0 Å². The molecule has 0 saturated carbocycles. The zero-order valence-electron chi connectivity index (χ0n) is 12.2. The molecule has 0 unspecified atom stereocenters. The minimum absolute atomic E-state index is 0.0309. The van der Waals surface area contributed by atoms with E-state index < -0.39 is 6.09 Å². The minimum Gasteiger partial charge on any atom is -0.450 e. The van der Waals surface area contributed by atoms with E-state index in [9.17, 15) is 14.4 Å². The number of nitrogens with one attached hydrogen (secondary N) is 1. The van der Waals surface area contributed by atoms with Crippen LogP contribution >= 0.6 is 11.6 Å². The van der Waals surface area contributed by atoms with E-state index in [1.807, 2.05) is 0 Å².